The van der Waals surface area contributed by atoms with Gasteiger partial charge in [-0.2, -0.15) is 5.10 Å². The number of aromatic nitrogens is 1. The lowest BCUT2D eigenvalue weighted by Crippen LogP contribution is -2.44. The molecule has 7 nitrogen and oxygen atoms in total. The van der Waals surface area contributed by atoms with E-state index < -0.39 is 0 Å². The first-order valence-corrected chi connectivity index (χ1v) is 11.9. The molecule has 1 fully saturated rings. The number of carbonyl (C=O) groups excluding carboxylic acids is 2. The van der Waals surface area contributed by atoms with E-state index in [1.165, 1.54) is 0 Å². The van der Waals surface area contributed by atoms with Crippen LogP contribution in [0.2, 0.25) is 5.02 Å². The molecule has 1 atom stereocenters. The Hall–Kier alpha value is -2.64. The molecule has 1 aliphatic heterocycles. The van der Waals surface area contributed by atoms with Gasteiger partial charge in [0.05, 0.1) is 24.1 Å². The van der Waals surface area contributed by atoms with Crippen LogP contribution in [0.5, 0.6) is 0 Å². The van der Waals surface area contributed by atoms with Gasteiger partial charge in [-0.15, -0.1) is 0 Å². The van der Waals surface area contributed by atoms with E-state index in [2.05, 4.69) is 0 Å². The standard InChI is InChI=1S/C25H31ClN4O3/c1-28-13-5-8-22(28)21-16-23(18-9-11-20(26)12-10-18)30(27-21)24(31)17-29(14-15-33-2)25(32)19-6-3-4-7-19/h5,8-13,19,23H,3-4,6-7,14-17H2,1-2H3/t23-/m1/s1. The lowest BCUT2D eigenvalue weighted by Gasteiger charge is -2.28. The monoisotopic (exact) mass is 470 g/mol. The summed E-state index contributed by atoms with van der Waals surface area (Å²) in [6.07, 6.45) is 6.48. The number of hydrogen-bond acceptors (Lipinski definition) is 4. The van der Waals surface area contributed by atoms with Crippen LogP contribution in [-0.4, -0.2) is 58.8 Å². The second kappa shape index (κ2) is 10.5. The van der Waals surface area contributed by atoms with E-state index in [0.717, 1.165) is 42.7 Å². The maximum absolute atomic E-state index is 13.5. The minimum absolute atomic E-state index is 0.00252. The molecule has 8 heteroatoms. The largest absolute Gasteiger partial charge is 0.383 e. The van der Waals surface area contributed by atoms with Crippen molar-refractivity contribution in [3.8, 4) is 0 Å². The molecule has 2 aromatic rings. The maximum Gasteiger partial charge on any atom is 0.262 e. The molecule has 0 N–H and O–H groups in total. The summed E-state index contributed by atoms with van der Waals surface area (Å²) in [6, 6.07) is 11.2. The Kier molecular flexibility index (Phi) is 7.50. The minimum Gasteiger partial charge on any atom is -0.383 e. The molecule has 0 saturated heterocycles. The second-order valence-electron chi connectivity index (χ2n) is 8.79. The summed E-state index contributed by atoms with van der Waals surface area (Å²) >= 11 is 6.09. The topological polar surface area (TPSA) is 67.1 Å². The average molecular weight is 471 g/mol. The molecular weight excluding hydrogens is 440 g/mol. The number of ether oxygens (including phenoxy) is 1. The van der Waals surface area contributed by atoms with Gasteiger partial charge in [0.15, 0.2) is 0 Å². The number of aryl methyl sites for hydroxylation is 1. The highest BCUT2D eigenvalue weighted by Crippen LogP contribution is 2.34. The first-order valence-electron chi connectivity index (χ1n) is 11.5. The van der Waals surface area contributed by atoms with Crippen molar-refractivity contribution in [2.45, 2.75) is 38.1 Å². The highest BCUT2D eigenvalue weighted by molar-refractivity contribution is 6.30. The van der Waals surface area contributed by atoms with Gasteiger partial charge in [-0.25, -0.2) is 5.01 Å². The van der Waals surface area contributed by atoms with Gasteiger partial charge >= 0.3 is 0 Å². The van der Waals surface area contributed by atoms with Crippen LogP contribution in [0, 0.1) is 5.92 Å². The molecule has 176 valence electrons. The third-order valence-electron chi connectivity index (χ3n) is 6.57. The highest BCUT2D eigenvalue weighted by Gasteiger charge is 2.36. The summed E-state index contributed by atoms with van der Waals surface area (Å²) in [6.45, 7) is 0.780. The lowest BCUT2D eigenvalue weighted by molar-refractivity contribution is -0.144. The Labute approximate surface area is 199 Å². The predicted octanol–water partition coefficient (Wildman–Crippen LogP) is 4.02. The number of hydrazone groups is 1. The maximum atomic E-state index is 13.5. The summed E-state index contributed by atoms with van der Waals surface area (Å²) in [4.78, 5) is 28.3. The van der Waals surface area contributed by atoms with Crippen LogP contribution in [0.15, 0.2) is 47.7 Å². The van der Waals surface area contributed by atoms with E-state index in [0.29, 0.717) is 24.6 Å². The van der Waals surface area contributed by atoms with Crippen molar-refractivity contribution >= 4 is 29.1 Å². The van der Waals surface area contributed by atoms with Gasteiger partial charge < -0.3 is 14.2 Å². The average Bonchev–Trinajstić information content (AvgIpc) is 3.57. The summed E-state index contributed by atoms with van der Waals surface area (Å²) in [5.74, 6) is -0.142. The third-order valence-corrected chi connectivity index (χ3v) is 6.82. The van der Waals surface area contributed by atoms with Gasteiger partial charge in [0.1, 0.15) is 6.54 Å². The molecule has 33 heavy (non-hydrogen) atoms. The number of benzene rings is 1. The van der Waals surface area contributed by atoms with E-state index in [9.17, 15) is 9.59 Å². The lowest BCUT2D eigenvalue weighted by atomic mass is 10.0. The first kappa shape index (κ1) is 23.5. The zero-order valence-corrected chi connectivity index (χ0v) is 20.0. The Balaban J connectivity index is 1.58. The smallest absolute Gasteiger partial charge is 0.262 e. The van der Waals surface area contributed by atoms with E-state index in [4.69, 9.17) is 21.4 Å². The van der Waals surface area contributed by atoms with Crippen molar-refractivity contribution in [2.75, 3.05) is 26.8 Å². The number of nitrogens with zero attached hydrogens (tertiary/aromatic N) is 4. The number of carbonyl (C=O) groups is 2. The van der Waals surface area contributed by atoms with Gasteiger partial charge in [0.2, 0.25) is 5.91 Å². The van der Waals surface area contributed by atoms with Crippen LogP contribution in [0.1, 0.15) is 49.4 Å². The molecule has 0 unspecified atom stereocenters. The van der Waals surface area contributed by atoms with E-state index >= 15 is 0 Å². The number of methoxy groups -OCH3 is 1. The molecule has 2 amide bonds. The fourth-order valence-electron chi connectivity index (χ4n) is 4.74. The summed E-state index contributed by atoms with van der Waals surface area (Å²) in [5, 5.41) is 6.93. The van der Waals surface area contributed by atoms with Crippen LogP contribution in [0.4, 0.5) is 0 Å². The van der Waals surface area contributed by atoms with E-state index in [1.807, 2.05) is 54.2 Å². The molecule has 2 aliphatic rings. The minimum atomic E-state index is -0.245. The van der Waals surface area contributed by atoms with Crippen molar-refractivity contribution in [1.29, 1.82) is 0 Å². The molecular formula is C25H31ClN4O3. The summed E-state index contributed by atoms with van der Waals surface area (Å²) < 4.78 is 7.21. The van der Waals surface area contributed by atoms with Gasteiger partial charge in [0.25, 0.3) is 5.91 Å². The fraction of sp³-hybridized carbons (Fsp3) is 0.480. The number of amides is 2. The van der Waals surface area contributed by atoms with Crippen molar-refractivity contribution < 1.29 is 14.3 Å². The molecule has 1 saturated carbocycles. The van der Waals surface area contributed by atoms with Crippen molar-refractivity contribution in [2.24, 2.45) is 18.1 Å². The first-order chi connectivity index (χ1) is 16.0. The quantitative estimate of drug-likeness (QED) is 0.585. The van der Waals surface area contributed by atoms with Crippen LogP contribution < -0.4 is 0 Å². The summed E-state index contributed by atoms with van der Waals surface area (Å²) in [7, 11) is 3.57. The zero-order valence-electron chi connectivity index (χ0n) is 19.2. The molecule has 4 rings (SSSR count). The molecule has 1 aliphatic carbocycles. The van der Waals surface area contributed by atoms with Gasteiger partial charge in [0, 0.05) is 44.3 Å². The molecule has 1 aromatic carbocycles. The summed E-state index contributed by atoms with van der Waals surface area (Å²) in [5.41, 5.74) is 2.79. The second-order valence-corrected chi connectivity index (χ2v) is 9.23. The molecule has 0 spiro atoms. The Morgan fingerprint density at radius 2 is 1.91 bits per heavy atom. The Bertz CT molecular complexity index is 1010. The van der Waals surface area contributed by atoms with Crippen LogP contribution in [0.3, 0.4) is 0 Å². The van der Waals surface area contributed by atoms with Gasteiger partial charge in [-0.3, -0.25) is 9.59 Å². The normalized spacial score (nSPS) is 18.6. The number of rotatable bonds is 8. The number of hydrogen-bond donors (Lipinski definition) is 0. The van der Waals surface area contributed by atoms with Crippen molar-refractivity contribution in [1.82, 2.24) is 14.5 Å². The van der Waals surface area contributed by atoms with Crippen molar-refractivity contribution in [3.05, 3.63) is 58.9 Å². The van der Waals surface area contributed by atoms with Crippen LogP contribution >= 0.6 is 11.6 Å². The predicted molar refractivity (Wildman–Crippen MR) is 128 cm³/mol. The van der Waals surface area contributed by atoms with Crippen LogP contribution in [0.25, 0.3) is 0 Å². The van der Waals surface area contributed by atoms with Gasteiger partial charge in [-0.05, 0) is 42.7 Å². The fourth-order valence-corrected chi connectivity index (χ4v) is 4.86. The Morgan fingerprint density at radius 3 is 2.55 bits per heavy atom. The van der Waals surface area contributed by atoms with Crippen LogP contribution in [-0.2, 0) is 21.4 Å². The Morgan fingerprint density at radius 1 is 1.18 bits per heavy atom. The molecule has 0 bridgehead atoms. The third kappa shape index (κ3) is 5.31. The van der Waals surface area contributed by atoms with Gasteiger partial charge in [-0.1, -0.05) is 36.6 Å². The molecule has 2 heterocycles. The van der Waals surface area contributed by atoms with Crippen molar-refractivity contribution in [3.63, 3.8) is 0 Å². The highest BCUT2D eigenvalue weighted by atomic mass is 35.5. The zero-order chi connectivity index (χ0) is 23.4. The van der Waals surface area contributed by atoms with E-state index in [1.54, 1.807) is 17.0 Å². The molecule has 1 aromatic heterocycles. The molecule has 0 radical (unpaired) electrons. The number of halogens is 1. The van der Waals surface area contributed by atoms with E-state index in [-0.39, 0.29) is 30.3 Å². The SMILES string of the molecule is COCCN(CC(=O)N1N=C(c2cccn2C)C[C@@H]1c1ccc(Cl)cc1)C(=O)C1CCCC1.